The highest BCUT2D eigenvalue weighted by atomic mass is 16.5. The lowest BCUT2D eigenvalue weighted by molar-refractivity contribution is -0.130. The summed E-state index contributed by atoms with van der Waals surface area (Å²) in [6, 6.07) is 7.73. The Morgan fingerprint density at radius 2 is 1.78 bits per heavy atom. The Balaban J connectivity index is 1.57. The Labute approximate surface area is 158 Å². The van der Waals surface area contributed by atoms with E-state index < -0.39 is 0 Å². The van der Waals surface area contributed by atoms with Gasteiger partial charge in [-0.15, -0.1) is 0 Å². The van der Waals surface area contributed by atoms with E-state index in [0.29, 0.717) is 44.2 Å². The molecule has 0 saturated carbocycles. The minimum atomic E-state index is -0.165. The lowest BCUT2D eigenvalue weighted by atomic mass is 10.2. The van der Waals surface area contributed by atoms with Crippen molar-refractivity contribution < 1.29 is 14.3 Å². The fourth-order valence-corrected chi connectivity index (χ4v) is 2.95. The van der Waals surface area contributed by atoms with Crippen molar-refractivity contribution in [1.29, 1.82) is 0 Å². The van der Waals surface area contributed by atoms with Gasteiger partial charge in [0.1, 0.15) is 17.3 Å². The zero-order valence-corrected chi connectivity index (χ0v) is 15.5. The van der Waals surface area contributed by atoms with Gasteiger partial charge >= 0.3 is 0 Å². The molecular formula is C19H23N5O3. The Kier molecular flexibility index (Phi) is 5.85. The third-order valence-electron chi connectivity index (χ3n) is 4.54. The number of amides is 2. The van der Waals surface area contributed by atoms with Crippen LogP contribution in [0.2, 0.25) is 0 Å². The minimum absolute atomic E-state index is 0.0346. The molecular weight excluding hydrogens is 346 g/mol. The third-order valence-corrected chi connectivity index (χ3v) is 4.54. The standard InChI is InChI=1S/C19H23N5O3/c1-14(25)23-7-9-24(10-8-23)19(26)16-12-22-18(13-20-16)21-11-15-5-3-4-6-17(15)27-2/h3-6,12-13H,7-11H2,1-2H3,(H,21,22). The molecule has 0 unspecified atom stereocenters. The summed E-state index contributed by atoms with van der Waals surface area (Å²) in [7, 11) is 1.63. The van der Waals surface area contributed by atoms with Crippen molar-refractivity contribution in [1.82, 2.24) is 19.8 Å². The number of carbonyl (C=O) groups is 2. The maximum atomic E-state index is 12.5. The number of para-hydroxylation sites is 1. The molecule has 27 heavy (non-hydrogen) atoms. The van der Waals surface area contributed by atoms with E-state index >= 15 is 0 Å². The van der Waals surface area contributed by atoms with Crippen LogP contribution in [0.5, 0.6) is 5.75 Å². The van der Waals surface area contributed by atoms with Crippen LogP contribution in [-0.4, -0.2) is 64.9 Å². The van der Waals surface area contributed by atoms with Gasteiger partial charge in [0.05, 0.1) is 19.5 Å². The van der Waals surface area contributed by atoms with Gasteiger partial charge in [-0.05, 0) is 6.07 Å². The van der Waals surface area contributed by atoms with Crippen LogP contribution in [-0.2, 0) is 11.3 Å². The first-order chi connectivity index (χ1) is 13.1. The predicted molar refractivity (Wildman–Crippen MR) is 101 cm³/mol. The van der Waals surface area contributed by atoms with Gasteiger partial charge in [0.25, 0.3) is 5.91 Å². The summed E-state index contributed by atoms with van der Waals surface area (Å²) in [6.07, 6.45) is 3.03. The molecule has 1 N–H and O–H groups in total. The van der Waals surface area contributed by atoms with Gasteiger partial charge in [0.15, 0.2) is 0 Å². The summed E-state index contributed by atoms with van der Waals surface area (Å²) in [5.41, 5.74) is 1.31. The summed E-state index contributed by atoms with van der Waals surface area (Å²) in [5, 5.41) is 3.18. The smallest absolute Gasteiger partial charge is 0.274 e. The highest BCUT2D eigenvalue weighted by Gasteiger charge is 2.24. The first-order valence-electron chi connectivity index (χ1n) is 8.81. The number of hydrogen-bond acceptors (Lipinski definition) is 6. The summed E-state index contributed by atoms with van der Waals surface area (Å²) < 4.78 is 5.32. The number of ether oxygens (including phenoxy) is 1. The summed E-state index contributed by atoms with van der Waals surface area (Å²) in [6.45, 7) is 4.20. The Bertz CT molecular complexity index is 801. The lowest BCUT2D eigenvalue weighted by Gasteiger charge is -2.33. The van der Waals surface area contributed by atoms with E-state index in [2.05, 4.69) is 15.3 Å². The Morgan fingerprint density at radius 1 is 1.07 bits per heavy atom. The second kappa shape index (κ2) is 8.48. The van der Waals surface area contributed by atoms with Crippen LogP contribution in [0.3, 0.4) is 0 Å². The quantitative estimate of drug-likeness (QED) is 0.857. The second-order valence-corrected chi connectivity index (χ2v) is 6.25. The number of hydrogen-bond donors (Lipinski definition) is 1. The first kappa shape index (κ1) is 18.6. The molecule has 1 aromatic heterocycles. The van der Waals surface area contributed by atoms with Gasteiger partial charge in [-0.3, -0.25) is 9.59 Å². The molecule has 8 nitrogen and oxygen atoms in total. The van der Waals surface area contributed by atoms with Crippen LogP contribution in [0.25, 0.3) is 0 Å². The van der Waals surface area contributed by atoms with Crippen molar-refractivity contribution in [3.05, 3.63) is 47.9 Å². The molecule has 2 aromatic rings. The van der Waals surface area contributed by atoms with Crippen molar-refractivity contribution >= 4 is 17.6 Å². The summed E-state index contributed by atoms with van der Waals surface area (Å²) in [5.74, 6) is 1.25. The van der Waals surface area contributed by atoms with Gasteiger partial charge in [0, 0.05) is 45.2 Å². The molecule has 0 bridgehead atoms. The highest BCUT2D eigenvalue weighted by molar-refractivity contribution is 5.92. The molecule has 1 aliphatic heterocycles. The molecule has 1 aliphatic rings. The van der Waals surface area contributed by atoms with Crippen molar-refractivity contribution in [2.24, 2.45) is 0 Å². The van der Waals surface area contributed by atoms with Gasteiger partial charge in [-0.1, -0.05) is 18.2 Å². The van der Waals surface area contributed by atoms with Gasteiger partial charge < -0.3 is 19.9 Å². The van der Waals surface area contributed by atoms with Crippen molar-refractivity contribution in [2.45, 2.75) is 13.5 Å². The monoisotopic (exact) mass is 369 g/mol. The van der Waals surface area contributed by atoms with Crippen LogP contribution < -0.4 is 10.1 Å². The van der Waals surface area contributed by atoms with E-state index in [4.69, 9.17) is 4.74 Å². The van der Waals surface area contributed by atoms with Gasteiger partial charge in [0.2, 0.25) is 5.91 Å². The lowest BCUT2D eigenvalue weighted by Crippen LogP contribution is -2.50. The minimum Gasteiger partial charge on any atom is -0.496 e. The zero-order chi connectivity index (χ0) is 19.2. The number of aromatic nitrogens is 2. The maximum Gasteiger partial charge on any atom is 0.274 e. The number of benzene rings is 1. The van der Waals surface area contributed by atoms with Crippen LogP contribution in [0.1, 0.15) is 23.0 Å². The molecule has 142 valence electrons. The van der Waals surface area contributed by atoms with Gasteiger partial charge in [-0.2, -0.15) is 0 Å². The van der Waals surface area contributed by atoms with Crippen LogP contribution in [0.4, 0.5) is 5.82 Å². The number of rotatable bonds is 5. The topological polar surface area (TPSA) is 87.7 Å². The van der Waals surface area contributed by atoms with E-state index in [1.807, 2.05) is 24.3 Å². The van der Waals surface area contributed by atoms with E-state index in [0.717, 1.165) is 11.3 Å². The average Bonchev–Trinajstić information content (AvgIpc) is 2.72. The molecule has 1 aromatic carbocycles. The highest BCUT2D eigenvalue weighted by Crippen LogP contribution is 2.18. The molecule has 2 heterocycles. The van der Waals surface area contributed by atoms with E-state index in [1.165, 1.54) is 6.20 Å². The van der Waals surface area contributed by atoms with E-state index in [-0.39, 0.29) is 11.8 Å². The van der Waals surface area contributed by atoms with Crippen molar-refractivity contribution in [3.8, 4) is 5.75 Å². The Hall–Kier alpha value is -3.16. The molecule has 0 spiro atoms. The number of methoxy groups -OCH3 is 1. The van der Waals surface area contributed by atoms with Crippen molar-refractivity contribution in [3.63, 3.8) is 0 Å². The second-order valence-electron chi connectivity index (χ2n) is 6.25. The third kappa shape index (κ3) is 4.52. The molecule has 0 radical (unpaired) electrons. The van der Waals surface area contributed by atoms with Crippen molar-refractivity contribution in [2.75, 3.05) is 38.6 Å². The molecule has 2 amide bonds. The fourth-order valence-electron chi connectivity index (χ4n) is 2.95. The Morgan fingerprint density at radius 3 is 2.41 bits per heavy atom. The van der Waals surface area contributed by atoms with Crippen LogP contribution in [0.15, 0.2) is 36.7 Å². The molecule has 3 rings (SSSR count). The number of piperazine rings is 1. The molecule has 8 heteroatoms. The molecule has 0 aliphatic carbocycles. The fraction of sp³-hybridized carbons (Fsp3) is 0.368. The predicted octanol–water partition coefficient (Wildman–Crippen LogP) is 1.40. The average molecular weight is 369 g/mol. The summed E-state index contributed by atoms with van der Waals surface area (Å²) >= 11 is 0. The summed E-state index contributed by atoms with van der Waals surface area (Å²) in [4.78, 5) is 35.9. The van der Waals surface area contributed by atoms with E-state index in [1.54, 1.807) is 30.0 Å². The van der Waals surface area contributed by atoms with Crippen LogP contribution in [0, 0.1) is 0 Å². The largest absolute Gasteiger partial charge is 0.496 e. The zero-order valence-electron chi connectivity index (χ0n) is 15.5. The normalized spacial score (nSPS) is 14.0. The molecule has 1 fully saturated rings. The first-order valence-corrected chi connectivity index (χ1v) is 8.81. The van der Waals surface area contributed by atoms with E-state index in [9.17, 15) is 9.59 Å². The van der Waals surface area contributed by atoms with Gasteiger partial charge in [-0.25, -0.2) is 9.97 Å². The molecule has 0 atom stereocenters. The number of nitrogens with zero attached hydrogens (tertiary/aromatic N) is 4. The maximum absolute atomic E-state index is 12.5. The number of nitrogens with one attached hydrogen (secondary N) is 1. The number of carbonyl (C=O) groups excluding carboxylic acids is 2. The molecule has 1 saturated heterocycles. The number of anilines is 1. The SMILES string of the molecule is COc1ccccc1CNc1cnc(C(=O)N2CCN(C(C)=O)CC2)cn1. The van der Waals surface area contributed by atoms with Crippen LogP contribution >= 0.6 is 0 Å².